The maximum absolute atomic E-state index is 5.81. The van der Waals surface area contributed by atoms with Gasteiger partial charge in [-0.1, -0.05) is 21.9 Å². The number of hydrogen-bond acceptors (Lipinski definition) is 4. The van der Waals surface area contributed by atoms with Crippen molar-refractivity contribution in [1.82, 2.24) is 20.2 Å². The van der Waals surface area contributed by atoms with E-state index in [4.69, 9.17) is 23.8 Å². The molecular formula is C7H7ClN4S2. The Morgan fingerprint density at radius 2 is 2.43 bits per heavy atom. The highest BCUT2D eigenvalue weighted by molar-refractivity contribution is 7.71. The zero-order valence-corrected chi connectivity index (χ0v) is 9.49. The molecule has 2 heterocycles. The van der Waals surface area contributed by atoms with E-state index in [1.165, 1.54) is 4.88 Å². The molecule has 2 rings (SSSR count). The lowest BCUT2D eigenvalue weighted by molar-refractivity contribution is 0.586. The van der Waals surface area contributed by atoms with Crippen molar-refractivity contribution in [1.29, 1.82) is 0 Å². The predicted molar refractivity (Wildman–Crippen MR) is 58.2 cm³/mol. The number of hydrogen-bond donors (Lipinski definition) is 1. The summed E-state index contributed by atoms with van der Waals surface area (Å²) in [6, 6.07) is 3.91. The van der Waals surface area contributed by atoms with E-state index < -0.39 is 0 Å². The van der Waals surface area contributed by atoms with Crippen LogP contribution in [0.15, 0.2) is 12.1 Å². The number of aromatic nitrogens is 4. The van der Waals surface area contributed by atoms with Crippen LogP contribution in [0.5, 0.6) is 0 Å². The maximum atomic E-state index is 5.81. The third kappa shape index (κ3) is 2.20. The first-order valence-electron chi connectivity index (χ1n) is 3.98. The summed E-state index contributed by atoms with van der Waals surface area (Å²) < 4.78 is 3.02. The molecule has 0 aliphatic rings. The van der Waals surface area contributed by atoms with Crippen molar-refractivity contribution < 1.29 is 0 Å². The first-order chi connectivity index (χ1) is 6.75. The van der Waals surface area contributed by atoms with E-state index in [0.717, 1.165) is 17.3 Å². The first kappa shape index (κ1) is 9.82. The van der Waals surface area contributed by atoms with Crippen molar-refractivity contribution in [2.75, 3.05) is 0 Å². The van der Waals surface area contributed by atoms with E-state index in [-0.39, 0.29) is 0 Å². The number of nitrogens with zero attached hydrogens (tertiary/aromatic N) is 3. The topological polar surface area (TPSA) is 46.5 Å². The molecule has 1 N–H and O–H groups in total. The average Bonchev–Trinajstić information content (AvgIpc) is 2.72. The van der Waals surface area contributed by atoms with Crippen LogP contribution in [0.1, 0.15) is 4.88 Å². The average molecular weight is 247 g/mol. The Labute approximate surface area is 94.5 Å². The van der Waals surface area contributed by atoms with Crippen LogP contribution in [0.4, 0.5) is 0 Å². The second-order valence-electron chi connectivity index (χ2n) is 2.69. The summed E-state index contributed by atoms with van der Waals surface area (Å²) in [5.41, 5.74) is 0. The lowest BCUT2D eigenvalue weighted by Gasteiger charge is -1.97. The highest BCUT2D eigenvalue weighted by atomic mass is 35.5. The van der Waals surface area contributed by atoms with Crippen LogP contribution in [0.2, 0.25) is 4.34 Å². The predicted octanol–water partition coefficient (Wildman–Crippen LogP) is 2.29. The van der Waals surface area contributed by atoms with Crippen molar-refractivity contribution >= 4 is 35.2 Å². The Morgan fingerprint density at radius 3 is 3.00 bits per heavy atom. The molecule has 0 saturated heterocycles. The van der Waals surface area contributed by atoms with Gasteiger partial charge < -0.3 is 0 Å². The normalized spacial score (nSPS) is 10.6. The number of aryl methyl sites for hydroxylation is 2. The van der Waals surface area contributed by atoms with Gasteiger partial charge in [0.05, 0.1) is 4.34 Å². The molecule has 0 atom stereocenters. The molecule has 0 aromatic carbocycles. The fourth-order valence-corrected chi connectivity index (χ4v) is 2.32. The van der Waals surface area contributed by atoms with E-state index in [0.29, 0.717) is 4.77 Å². The number of rotatable bonds is 3. The number of H-pyrrole nitrogens is 1. The Bertz CT molecular complexity index is 472. The molecule has 0 spiro atoms. The van der Waals surface area contributed by atoms with Gasteiger partial charge in [0.25, 0.3) is 0 Å². The summed E-state index contributed by atoms with van der Waals surface area (Å²) in [5.74, 6) is 0. The van der Waals surface area contributed by atoms with Gasteiger partial charge in [0.1, 0.15) is 0 Å². The second kappa shape index (κ2) is 4.20. The quantitative estimate of drug-likeness (QED) is 0.846. The van der Waals surface area contributed by atoms with E-state index in [2.05, 4.69) is 15.5 Å². The molecular weight excluding hydrogens is 240 g/mol. The van der Waals surface area contributed by atoms with Gasteiger partial charge in [-0.25, -0.2) is 4.68 Å². The standard InChI is InChI=1S/C7H7ClN4S2/c8-6-2-1-5(14-6)3-4-12-7(13)9-10-11-12/h1-2H,3-4H2,(H,9,11,13). The van der Waals surface area contributed by atoms with E-state index in [1.54, 1.807) is 16.0 Å². The van der Waals surface area contributed by atoms with Crippen LogP contribution < -0.4 is 0 Å². The largest absolute Gasteiger partial charge is 0.242 e. The van der Waals surface area contributed by atoms with Crippen molar-refractivity contribution in [2.45, 2.75) is 13.0 Å². The Morgan fingerprint density at radius 1 is 1.57 bits per heavy atom. The first-order valence-corrected chi connectivity index (χ1v) is 5.58. The smallest absolute Gasteiger partial charge is 0.238 e. The highest BCUT2D eigenvalue weighted by Crippen LogP contribution is 2.21. The molecule has 2 aromatic heterocycles. The lowest BCUT2D eigenvalue weighted by Crippen LogP contribution is -2.02. The summed E-state index contributed by atoms with van der Waals surface area (Å²) in [6.45, 7) is 0.753. The molecule has 14 heavy (non-hydrogen) atoms. The number of halogens is 1. The highest BCUT2D eigenvalue weighted by Gasteiger charge is 2.00. The minimum Gasteiger partial charge on any atom is -0.242 e. The molecule has 0 aliphatic heterocycles. The van der Waals surface area contributed by atoms with Gasteiger partial charge in [0.15, 0.2) is 0 Å². The fourth-order valence-electron chi connectivity index (χ4n) is 1.07. The van der Waals surface area contributed by atoms with Crippen LogP contribution in [0.3, 0.4) is 0 Å². The third-order valence-corrected chi connectivity index (χ3v) is 3.34. The summed E-state index contributed by atoms with van der Waals surface area (Å²) in [4.78, 5) is 1.23. The maximum Gasteiger partial charge on any atom is 0.238 e. The molecule has 0 unspecified atom stereocenters. The summed E-state index contributed by atoms with van der Waals surface area (Å²) in [7, 11) is 0. The van der Waals surface area contributed by atoms with Crippen LogP contribution >= 0.6 is 35.2 Å². The van der Waals surface area contributed by atoms with Gasteiger partial charge in [0, 0.05) is 17.8 Å². The van der Waals surface area contributed by atoms with Gasteiger partial charge in [-0.2, -0.15) is 5.21 Å². The minimum absolute atomic E-state index is 0.479. The Kier molecular flexibility index (Phi) is 2.95. The number of tetrazole rings is 1. The SMILES string of the molecule is S=c1nn[nH]n1CCc1ccc(Cl)s1. The van der Waals surface area contributed by atoms with Crippen LogP contribution in [-0.2, 0) is 13.0 Å². The van der Waals surface area contributed by atoms with Gasteiger partial charge in [-0.05, 0) is 24.4 Å². The monoisotopic (exact) mass is 246 g/mol. The minimum atomic E-state index is 0.479. The van der Waals surface area contributed by atoms with Crippen molar-refractivity contribution in [3.05, 3.63) is 26.1 Å². The van der Waals surface area contributed by atoms with E-state index in [1.807, 2.05) is 12.1 Å². The molecule has 0 bridgehead atoms. The molecule has 0 aliphatic carbocycles. The number of nitrogens with one attached hydrogen (secondary N) is 1. The van der Waals surface area contributed by atoms with Crippen LogP contribution in [-0.4, -0.2) is 20.2 Å². The lowest BCUT2D eigenvalue weighted by atomic mass is 10.3. The van der Waals surface area contributed by atoms with Crippen LogP contribution in [0, 0.1) is 4.77 Å². The number of aromatic amines is 1. The second-order valence-corrected chi connectivity index (χ2v) is 4.85. The zero-order chi connectivity index (χ0) is 9.97. The van der Waals surface area contributed by atoms with Gasteiger partial charge in [-0.15, -0.1) is 11.3 Å². The van der Waals surface area contributed by atoms with Crippen molar-refractivity contribution in [3.8, 4) is 0 Å². The molecule has 74 valence electrons. The van der Waals surface area contributed by atoms with Gasteiger partial charge in [-0.3, -0.25) is 0 Å². The summed E-state index contributed by atoms with van der Waals surface area (Å²) in [5, 5.41) is 9.99. The number of thiophene rings is 1. The molecule has 0 radical (unpaired) electrons. The third-order valence-electron chi connectivity index (χ3n) is 1.74. The molecule has 0 fully saturated rings. The summed E-state index contributed by atoms with van der Waals surface area (Å²) >= 11 is 12.3. The summed E-state index contributed by atoms with van der Waals surface area (Å²) in [6.07, 6.45) is 0.884. The molecule has 0 amide bonds. The molecule has 7 heteroatoms. The zero-order valence-electron chi connectivity index (χ0n) is 7.11. The van der Waals surface area contributed by atoms with Crippen LogP contribution in [0.25, 0.3) is 0 Å². The Hall–Kier alpha value is -0.720. The van der Waals surface area contributed by atoms with Gasteiger partial charge >= 0.3 is 0 Å². The Balaban J connectivity index is 2.01. The van der Waals surface area contributed by atoms with Crippen molar-refractivity contribution in [2.24, 2.45) is 0 Å². The van der Waals surface area contributed by atoms with Crippen molar-refractivity contribution in [3.63, 3.8) is 0 Å². The van der Waals surface area contributed by atoms with E-state index >= 15 is 0 Å². The fraction of sp³-hybridized carbons (Fsp3) is 0.286. The molecule has 4 nitrogen and oxygen atoms in total. The van der Waals surface area contributed by atoms with Gasteiger partial charge in [0.2, 0.25) is 4.77 Å². The van der Waals surface area contributed by atoms with E-state index in [9.17, 15) is 0 Å². The molecule has 0 saturated carbocycles. The molecule has 2 aromatic rings.